The molecule has 3 aromatic heterocycles. The van der Waals surface area contributed by atoms with Gasteiger partial charge in [-0.25, -0.2) is 9.97 Å². The molecule has 1 saturated heterocycles. The number of nitrogens with one attached hydrogen (secondary N) is 1. The Morgan fingerprint density at radius 3 is 2.57 bits per heavy atom. The Hall–Kier alpha value is -3.69. The predicted molar refractivity (Wildman–Crippen MR) is 144 cm³/mol. The molecule has 194 valence electrons. The Kier molecular flexibility index (Phi) is 6.74. The van der Waals surface area contributed by atoms with E-state index in [9.17, 15) is 5.11 Å². The highest BCUT2D eigenvalue weighted by atomic mass is 16.5. The van der Waals surface area contributed by atoms with E-state index in [0.717, 1.165) is 54.1 Å². The van der Waals surface area contributed by atoms with Crippen LogP contribution in [0.4, 0.5) is 11.6 Å². The van der Waals surface area contributed by atoms with Crippen LogP contribution in [0, 0.1) is 6.92 Å². The smallest absolute Gasteiger partial charge is 0.229 e. The topological polar surface area (TPSA) is 97.6 Å². The number of ether oxygens (including phenoxy) is 2. The lowest BCUT2D eigenvalue weighted by Gasteiger charge is -2.29. The standard InChI is InChI=1S/C28H34N6O3/c1-18-15-19-17-29-27(32-26(19)34(18)25-8-6-7-24(31-25)28(2,3)35)30-20-9-10-22(23(16-20)36-5)37-21-11-13-33(4)14-12-21/h6-10,15-17,21,35H,11-14H2,1-5H3,(H,29,30,32). The SMILES string of the molecule is COc1cc(Nc2ncc3cc(C)n(-c4cccc(C(C)(C)O)n4)c3n2)ccc1OC1CCN(C)CC1. The van der Waals surface area contributed by atoms with E-state index in [-0.39, 0.29) is 6.10 Å². The average Bonchev–Trinajstić information content (AvgIpc) is 3.20. The van der Waals surface area contributed by atoms with Crippen molar-refractivity contribution in [1.82, 2.24) is 24.4 Å². The number of hydrogen-bond acceptors (Lipinski definition) is 8. The Bertz CT molecular complexity index is 1400. The van der Waals surface area contributed by atoms with Gasteiger partial charge >= 0.3 is 0 Å². The minimum Gasteiger partial charge on any atom is -0.493 e. The summed E-state index contributed by atoms with van der Waals surface area (Å²) in [5.41, 5.74) is 2.04. The summed E-state index contributed by atoms with van der Waals surface area (Å²) in [6.07, 6.45) is 3.98. The van der Waals surface area contributed by atoms with Gasteiger partial charge in [0.2, 0.25) is 5.95 Å². The molecule has 0 radical (unpaired) electrons. The van der Waals surface area contributed by atoms with Gasteiger partial charge in [0.15, 0.2) is 17.1 Å². The van der Waals surface area contributed by atoms with E-state index >= 15 is 0 Å². The van der Waals surface area contributed by atoms with Gasteiger partial charge in [0.05, 0.1) is 12.8 Å². The van der Waals surface area contributed by atoms with Gasteiger partial charge in [-0.1, -0.05) is 6.07 Å². The quantitative estimate of drug-likeness (QED) is 0.379. The Labute approximate surface area is 217 Å². The van der Waals surface area contributed by atoms with Crippen LogP contribution in [-0.2, 0) is 5.60 Å². The summed E-state index contributed by atoms with van der Waals surface area (Å²) in [4.78, 5) is 16.3. The van der Waals surface area contributed by atoms with E-state index in [2.05, 4.69) is 22.2 Å². The van der Waals surface area contributed by atoms with Crippen molar-refractivity contribution in [1.29, 1.82) is 0 Å². The first-order chi connectivity index (χ1) is 17.7. The maximum atomic E-state index is 10.4. The molecular formula is C28H34N6O3. The van der Waals surface area contributed by atoms with Gasteiger partial charge < -0.3 is 24.8 Å². The van der Waals surface area contributed by atoms with Crippen LogP contribution < -0.4 is 14.8 Å². The minimum absolute atomic E-state index is 0.189. The van der Waals surface area contributed by atoms with Crippen molar-refractivity contribution in [3.05, 3.63) is 60.0 Å². The van der Waals surface area contributed by atoms with Gasteiger partial charge in [-0.15, -0.1) is 0 Å². The van der Waals surface area contributed by atoms with Crippen LogP contribution in [0.5, 0.6) is 11.5 Å². The average molecular weight is 503 g/mol. The number of likely N-dealkylation sites (tertiary alicyclic amines) is 1. The zero-order valence-electron chi connectivity index (χ0n) is 22.0. The zero-order chi connectivity index (χ0) is 26.2. The number of aliphatic hydroxyl groups is 1. The molecule has 0 amide bonds. The van der Waals surface area contributed by atoms with Crippen LogP contribution in [0.3, 0.4) is 0 Å². The number of piperidine rings is 1. The maximum Gasteiger partial charge on any atom is 0.229 e. The molecule has 4 aromatic rings. The molecule has 0 atom stereocenters. The van der Waals surface area contributed by atoms with Gasteiger partial charge in [0.25, 0.3) is 0 Å². The number of anilines is 2. The third-order valence-electron chi connectivity index (χ3n) is 6.69. The number of fused-ring (bicyclic) bond motifs is 1. The molecule has 0 unspecified atom stereocenters. The summed E-state index contributed by atoms with van der Waals surface area (Å²) in [5, 5.41) is 14.6. The van der Waals surface area contributed by atoms with Crippen molar-refractivity contribution in [3.8, 4) is 17.3 Å². The molecule has 0 bridgehead atoms. The second-order valence-electron chi connectivity index (χ2n) is 10.1. The molecule has 1 aromatic carbocycles. The van der Waals surface area contributed by atoms with Crippen LogP contribution in [0.15, 0.2) is 48.7 Å². The maximum absolute atomic E-state index is 10.4. The highest BCUT2D eigenvalue weighted by molar-refractivity contribution is 5.80. The first-order valence-electron chi connectivity index (χ1n) is 12.6. The van der Waals surface area contributed by atoms with Crippen LogP contribution in [0.25, 0.3) is 16.9 Å². The van der Waals surface area contributed by atoms with E-state index < -0.39 is 5.60 Å². The Morgan fingerprint density at radius 2 is 1.84 bits per heavy atom. The Morgan fingerprint density at radius 1 is 1.05 bits per heavy atom. The van der Waals surface area contributed by atoms with Crippen LogP contribution >= 0.6 is 0 Å². The summed E-state index contributed by atoms with van der Waals surface area (Å²) < 4.78 is 13.8. The minimum atomic E-state index is -1.04. The van der Waals surface area contributed by atoms with E-state index in [0.29, 0.717) is 23.2 Å². The van der Waals surface area contributed by atoms with E-state index in [4.69, 9.17) is 19.4 Å². The highest BCUT2D eigenvalue weighted by Gasteiger charge is 2.21. The molecular weight excluding hydrogens is 468 g/mol. The molecule has 2 N–H and O–H groups in total. The summed E-state index contributed by atoms with van der Waals surface area (Å²) >= 11 is 0. The highest BCUT2D eigenvalue weighted by Crippen LogP contribution is 2.33. The third-order valence-corrected chi connectivity index (χ3v) is 6.69. The summed E-state index contributed by atoms with van der Waals surface area (Å²) in [6, 6.07) is 13.4. The first kappa shape index (κ1) is 25.0. The molecule has 0 spiro atoms. The molecule has 0 aliphatic carbocycles. The number of rotatable bonds is 7. The van der Waals surface area contributed by atoms with Crippen LogP contribution in [0.2, 0.25) is 0 Å². The van der Waals surface area contributed by atoms with Crippen LogP contribution in [0.1, 0.15) is 38.1 Å². The van der Waals surface area contributed by atoms with Gasteiger partial charge in [-0.05, 0) is 71.0 Å². The molecule has 0 saturated carbocycles. The lowest BCUT2D eigenvalue weighted by atomic mass is 10.1. The number of pyridine rings is 1. The van der Waals surface area contributed by atoms with Gasteiger partial charge in [0.1, 0.15) is 17.5 Å². The van der Waals surface area contributed by atoms with Gasteiger partial charge in [-0.3, -0.25) is 4.57 Å². The number of aryl methyl sites for hydroxylation is 1. The molecule has 1 fully saturated rings. The van der Waals surface area contributed by atoms with Crippen molar-refractivity contribution in [2.24, 2.45) is 0 Å². The zero-order valence-corrected chi connectivity index (χ0v) is 22.0. The summed E-state index contributed by atoms with van der Waals surface area (Å²) in [7, 11) is 3.78. The van der Waals surface area contributed by atoms with Crippen molar-refractivity contribution >= 4 is 22.7 Å². The third kappa shape index (κ3) is 5.38. The molecule has 9 heteroatoms. The molecule has 5 rings (SSSR count). The lowest BCUT2D eigenvalue weighted by molar-refractivity contribution is 0.0738. The monoisotopic (exact) mass is 502 g/mol. The van der Waals surface area contributed by atoms with E-state index in [1.165, 1.54) is 0 Å². The number of aromatic nitrogens is 4. The molecule has 4 heterocycles. The van der Waals surface area contributed by atoms with Crippen LogP contribution in [-0.4, -0.2) is 62.9 Å². The molecule has 9 nitrogen and oxygen atoms in total. The molecule has 37 heavy (non-hydrogen) atoms. The fourth-order valence-electron chi connectivity index (χ4n) is 4.61. The van der Waals surface area contributed by atoms with E-state index in [1.807, 2.05) is 54.0 Å². The van der Waals surface area contributed by atoms with Crippen molar-refractivity contribution in [3.63, 3.8) is 0 Å². The predicted octanol–water partition coefficient (Wildman–Crippen LogP) is 4.58. The number of hydrogen-bond donors (Lipinski definition) is 2. The fourth-order valence-corrected chi connectivity index (χ4v) is 4.61. The number of nitrogens with zero attached hydrogens (tertiary/aromatic N) is 5. The molecule has 1 aliphatic heterocycles. The van der Waals surface area contributed by atoms with Crippen molar-refractivity contribution < 1.29 is 14.6 Å². The van der Waals surface area contributed by atoms with Gasteiger partial charge in [-0.2, -0.15) is 4.98 Å². The second kappa shape index (κ2) is 9.99. The van der Waals surface area contributed by atoms with Crippen molar-refractivity contribution in [2.45, 2.75) is 45.3 Å². The largest absolute Gasteiger partial charge is 0.493 e. The number of methoxy groups -OCH3 is 1. The van der Waals surface area contributed by atoms with Gasteiger partial charge in [0, 0.05) is 42.1 Å². The normalized spacial score (nSPS) is 15.2. The Balaban J connectivity index is 1.41. The first-order valence-corrected chi connectivity index (χ1v) is 12.6. The number of benzene rings is 1. The second-order valence-corrected chi connectivity index (χ2v) is 10.1. The summed E-state index contributed by atoms with van der Waals surface area (Å²) in [6.45, 7) is 7.52. The fraction of sp³-hybridized carbons (Fsp3) is 0.393. The molecule has 1 aliphatic rings. The van der Waals surface area contributed by atoms with E-state index in [1.54, 1.807) is 27.2 Å². The van der Waals surface area contributed by atoms with Crippen molar-refractivity contribution in [2.75, 3.05) is 32.6 Å². The summed E-state index contributed by atoms with van der Waals surface area (Å²) in [5.74, 6) is 2.54. The lowest BCUT2D eigenvalue weighted by Crippen LogP contribution is -2.35.